The predicted octanol–water partition coefficient (Wildman–Crippen LogP) is 4.00. The Bertz CT molecular complexity index is 1290. The van der Waals surface area contributed by atoms with Gasteiger partial charge < -0.3 is 20.4 Å². The maximum absolute atomic E-state index is 13.4. The second kappa shape index (κ2) is 12.0. The summed E-state index contributed by atoms with van der Waals surface area (Å²) in [6, 6.07) is 22.3. The summed E-state index contributed by atoms with van der Waals surface area (Å²) in [4.78, 5) is 55.3. The van der Waals surface area contributed by atoms with Gasteiger partial charge in [-0.1, -0.05) is 54.6 Å². The van der Waals surface area contributed by atoms with Gasteiger partial charge in [0.1, 0.15) is 6.54 Å². The Kier molecular flexibility index (Phi) is 8.30. The number of benzene rings is 3. The molecule has 1 saturated heterocycles. The number of hydrogen-bond donors (Lipinski definition) is 2. The highest BCUT2D eigenvalue weighted by Gasteiger charge is 2.27. The van der Waals surface area contributed by atoms with Crippen LogP contribution in [0.5, 0.6) is 0 Å². The van der Waals surface area contributed by atoms with Gasteiger partial charge in [-0.25, -0.2) is 4.79 Å². The lowest BCUT2D eigenvalue weighted by molar-refractivity contribution is -0.130. The van der Waals surface area contributed by atoms with Crippen LogP contribution in [0.15, 0.2) is 78.9 Å². The summed E-state index contributed by atoms with van der Waals surface area (Å²) in [6.45, 7) is 2.62. The Morgan fingerprint density at radius 1 is 0.865 bits per heavy atom. The first-order valence-electron chi connectivity index (χ1n) is 12.3. The number of para-hydroxylation sites is 1. The van der Waals surface area contributed by atoms with Gasteiger partial charge in [0.2, 0.25) is 11.8 Å². The molecule has 37 heavy (non-hydrogen) atoms. The van der Waals surface area contributed by atoms with Crippen molar-refractivity contribution in [2.75, 3.05) is 36.4 Å². The van der Waals surface area contributed by atoms with E-state index in [1.165, 1.54) is 4.90 Å². The third-order valence-electron chi connectivity index (χ3n) is 6.20. The van der Waals surface area contributed by atoms with E-state index < -0.39 is 11.9 Å². The largest absolute Gasteiger partial charge is 0.341 e. The topological polar surface area (TPSA) is 98.8 Å². The summed E-state index contributed by atoms with van der Waals surface area (Å²) in [6.07, 6.45) is 1.84. The first kappa shape index (κ1) is 25.6. The average molecular weight is 499 g/mol. The van der Waals surface area contributed by atoms with Crippen molar-refractivity contribution in [1.29, 1.82) is 0 Å². The molecule has 8 nitrogen and oxygen atoms in total. The van der Waals surface area contributed by atoms with Gasteiger partial charge in [-0.15, -0.1) is 0 Å². The zero-order chi connectivity index (χ0) is 26.2. The third kappa shape index (κ3) is 6.61. The van der Waals surface area contributed by atoms with Gasteiger partial charge in [-0.3, -0.25) is 14.4 Å². The Morgan fingerprint density at radius 3 is 2.30 bits per heavy atom. The molecule has 0 radical (unpaired) electrons. The van der Waals surface area contributed by atoms with E-state index in [1.807, 2.05) is 31.2 Å². The summed E-state index contributed by atoms with van der Waals surface area (Å²) in [7, 11) is 0. The van der Waals surface area contributed by atoms with Gasteiger partial charge in [0.25, 0.3) is 0 Å². The summed E-state index contributed by atoms with van der Waals surface area (Å²) >= 11 is 0. The number of rotatable bonds is 8. The van der Waals surface area contributed by atoms with Crippen LogP contribution in [0.2, 0.25) is 0 Å². The smallest absolute Gasteiger partial charge is 0.319 e. The normalized spacial score (nSPS) is 12.6. The number of anilines is 2. The number of nitrogens with zero attached hydrogens (tertiary/aromatic N) is 2. The molecule has 3 aromatic carbocycles. The maximum Gasteiger partial charge on any atom is 0.319 e. The van der Waals surface area contributed by atoms with Gasteiger partial charge >= 0.3 is 6.03 Å². The van der Waals surface area contributed by atoms with E-state index in [-0.39, 0.29) is 24.8 Å². The van der Waals surface area contributed by atoms with Crippen molar-refractivity contribution in [2.45, 2.75) is 19.8 Å². The minimum absolute atomic E-state index is 0.197. The number of aryl methyl sites for hydroxylation is 1. The predicted molar refractivity (Wildman–Crippen MR) is 143 cm³/mol. The number of carbonyl (C=O) groups excluding carboxylic acids is 4. The minimum atomic E-state index is -0.543. The molecule has 1 heterocycles. The molecular formula is C29H30N4O4. The minimum Gasteiger partial charge on any atom is -0.341 e. The second-order valence-corrected chi connectivity index (χ2v) is 8.96. The highest BCUT2D eigenvalue weighted by molar-refractivity contribution is 6.15. The fraction of sp³-hybridized carbons (Fsp3) is 0.241. The maximum atomic E-state index is 13.4. The van der Waals surface area contributed by atoms with Gasteiger partial charge in [0, 0.05) is 29.9 Å². The number of likely N-dealkylation sites (tertiary alicyclic amines) is 1. The summed E-state index contributed by atoms with van der Waals surface area (Å²) in [5, 5.41) is 5.28. The van der Waals surface area contributed by atoms with E-state index in [0.29, 0.717) is 35.6 Å². The molecule has 4 amide bonds. The Balaban J connectivity index is 1.55. The lowest BCUT2D eigenvalue weighted by Gasteiger charge is -2.27. The third-order valence-corrected chi connectivity index (χ3v) is 6.20. The van der Waals surface area contributed by atoms with Crippen LogP contribution in [0.3, 0.4) is 0 Å². The van der Waals surface area contributed by atoms with Crippen LogP contribution in [0, 0.1) is 6.92 Å². The van der Waals surface area contributed by atoms with Crippen molar-refractivity contribution in [2.24, 2.45) is 0 Å². The van der Waals surface area contributed by atoms with E-state index in [2.05, 4.69) is 10.6 Å². The highest BCUT2D eigenvalue weighted by atomic mass is 16.2. The molecule has 8 heteroatoms. The molecule has 0 aliphatic carbocycles. The zero-order valence-electron chi connectivity index (χ0n) is 20.8. The molecule has 1 aliphatic heterocycles. The number of amides is 4. The molecule has 190 valence electrons. The van der Waals surface area contributed by atoms with Crippen LogP contribution in [0.4, 0.5) is 16.2 Å². The molecule has 0 spiro atoms. The number of urea groups is 1. The molecule has 2 N–H and O–H groups in total. The molecule has 0 saturated carbocycles. The van der Waals surface area contributed by atoms with Crippen LogP contribution < -0.4 is 15.5 Å². The van der Waals surface area contributed by atoms with Crippen molar-refractivity contribution >= 4 is 35.0 Å². The molecule has 4 rings (SSSR count). The van der Waals surface area contributed by atoms with E-state index in [9.17, 15) is 19.2 Å². The summed E-state index contributed by atoms with van der Waals surface area (Å²) in [5.74, 6) is -0.954. The number of nitrogens with one attached hydrogen (secondary N) is 2. The molecule has 0 unspecified atom stereocenters. The summed E-state index contributed by atoms with van der Waals surface area (Å²) < 4.78 is 0. The van der Waals surface area contributed by atoms with Crippen molar-refractivity contribution in [3.63, 3.8) is 0 Å². The van der Waals surface area contributed by atoms with Crippen LogP contribution in [-0.2, 0) is 9.59 Å². The average Bonchev–Trinajstić information content (AvgIpc) is 3.46. The zero-order valence-corrected chi connectivity index (χ0v) is 20.8. The van der Waals surface area contributed by atoms with E-state index >= 15 is 0 Å². The van der Waals surface area contributed by atoms with Gasteiger partial charge in [0.05, 0.1) is 12.2 Å². The molecule has 0 atom stereocenters. The van der Waals surface area contributed by atoms with Gasteiger partial charge in [0.15, 0.2) is 5.78 Å². The lowest BCUT2D eigenvalue weighted by atomic mass is 10.0. The van der Waals surface area contributed by atoms with Crippen molar-refractivity contribution in [3.8, 4) is 0 Å². The van der Waals surface area contributed by atoms with Crippen LogP contribution in [-0.4, -0.2) is 54.7 Å². The Labute approximate surface area is 216 Å². The number of ketones is 1. The second-order valence-electron chi connectivity index (χ2n) is 8.96. The van der Waals surface area contributed by atoms with Gasteiger partial charge in [-0.05, 0) is 49.6 Å². The number of carbonyl (C=O) groups is 4. The van der Waals surface area contributed by atoms with Crippen molar-refractivity contribution in [3.05, 3.63) is 95.6 Å². The van der Waals surface area contributed by atoms with E-state index in [4.69, 9.17) is 0 Å². The first-order valence-corrected chi connectivity index (χ1v) is 12.3. The molecule has 1 aliphatic rings. The molecule has 0 aromatic heterocycles. The number of hydrogen-bond acceptors (Lipinski definition) is 4. The SMILES string of the molecule is Cc1cccc(NC(=O)NCC(=O)N(CC(=O)N2CCCC2)c2ccccc2C(=O)c2ccccc2)c1. The first-order chi connectivity index (χ1) is 17.9. The standard InChI is InChI=1S/C29H30N4O4/c1-21-10-9-13-23(18-21)31-29(37)30-19-26(34)33(20-27(35)32-16-7-8-17-32)25-15-6-5-14-24(25)28(36)22-11-3-2-4-12-22/h2-6,9-15,18H,7-8,16-17,19-20H2,1H3,(H2,30,31,37). The molecule has 0 bridgehead atoms. The highest BCUT2D eigenvalue weighted by Crippen LogP contribution is 2.24. The molecule has 1 fully saturated rings. The fourth-order valence-electron chi connectivity index (χ4n) is 4.30. The van der Waals surface area contributed by atoms with E-state index in [1.54, 1.807) is 59.5 Å². The van der Waals surface area contributed by atoms with Crippen molar-refractivity contribution < 1.29 is 19.2 Å². The van der Waals surface area contributed by atoms with Crippen LogP contribution in [0.1, 0.15) is 34.3 Å². The fourth-order valence-corrected chi connectivity index (χ4v) is 4.30. The van der Waals surface area contributed by atoms with E-state index in [0.717, 1.165) is 18.4 Å². The van der Waals surface area contributed by atoms with Crippen LogP contribution >= 0.6 is 0 Å². The van der Waals surface area contributed by atoms with Gasteiger partial charge in [-0.2, -0.15) is 0 Å². The van der Waals surface area contributed by atoms with Crippen LogP contribution in [0.25, 0.3) is 0 Å². The molecule has 3 aromatic rings. The Morgan fingerprint density at radius 2 is 1.57 bits per heavy atom. The lowest BCUT2D eigenvalue weighted by Crippen LogP contribution is -2.47. The molecular weight excluding hydrogens is 468 g/mol. The summed E-state index contributed by atoms with van der Waals surface area (Å²) in [5.41, 5.74) is 2.70. The van der Waals surface area contributed by atoms with Crippen molar-refractivity contribution in [1.82, 2.24) is 10.2 Å². The monoisotopic (exact) mass is 498 g/mol. The Hall–Kier alpha value is -4.46. The quantitative estimate of drug-likeness (QED) is 0.459.